The zero-order valence-electron chi connectivity index (χ0n) is 7.83. The molecular formula is C11H15ClO. The summed E-state index contributed by atoms with van der Waals surface area (Å²) in [7, 11) is 0. The number of hydrogen-bond acceptors (Lipinski definition) is 1. The molecule has 1 nitrogen and oxygen atoms in total. The lowest BCUT2D eigenvalue weighted by Crippen LogP contribution is -2.02. The van der Waals surface area contributed by atoms with Crippen molar-refractivity contribution in [3.05, 3.63) is 34.9 Å². The number of aryl methyl sites for hydroxylation is 1. The van der Waals surface area contributed by atoms with Crippen molar-refractivity contribution in [3.63, 3.8) is 0 Å². The van der Waals surface area contributed by atoms with Gasteiger partial charge in [0.1, 0.15) is 0 Å². The Labute approximate surface area is 84.4 Å². The minimum atomic E-state index is 0.254. The molecule has 0 aromatic heterocycles. The van der Waals surface area contributed by atoms with Crippen LogP contribution in [0.3, 0.4) is 0 Å². The van der Waals surface area contributed by atoms with E-state index in [9.17, 15) is 0 Å². The first-order valence-electron chi connectivity index (χ1n) is 4.58. The summed E-state index contributed by atoms with van der Waals surface area (Å²) in [6, 6.07) is 7.86. The summed E-state index contributed by atoms with van der Waals surface area (Å²) in [4.78, 5) is 0. The standard InChI is InChI=1S/C11H15ClO/c1-9(8-13)6-7-10-4-2-3-5-11(10)12/h2-5,9,13H,6-8H2,1H3. The normalized spacial score (nSPS) is 12.8. The highest BCUT2D eigenvalue weighted by Gasteiger charge is 2.02. The third-order valence-corrected chi connectivity index (χ3v) is 2.54. The highest BCUT2D eigenvalue weighted by Crippen LogP contribution is 2.18. The molecule has 0 radical (unpaired) electrons. The average Bonchev–Trinajstić information content (AvgIpc) is 2.16. The molecule has 0 saturated heterocycles. The second-order valence-electron chi connectivity index (χ2n) is 3.42. The molecule has 0 amide bonds. The van der Waals surface area contributed by atoms with E-state index >= 15 is 0 Å². The van der Waals surface area contributed by atoms with Gasteiger partial charge in [0, 0.05) is 11.6 Å². The highest BCUT2D eigenvalue weighted by atomic mass is 35.5. The van der Waals surface area contributed by atoms with E-state index in [0.717, 1.165) is 17.9 Å². The van der Waals surface area contributed by atoms with Crippen LogP contribution >= 0.6 is 11.6 Å². The first-order chi connectivity index (χ1) is 6.24. The minimum absolute atomic E-state index is 0.254. The Balaban J connectivity index is 2.50. The van der Waals surface area contributed by atoms with Crippen molar-refractivity contribution >= 4 is 11.6 Å². The summed E-state index contributed by atoms with van der Waals surface area (Å²) in [6.07, 6.45) is 1.93. The summed E-state index contributed by atoms with van der Waals surface area (Å²) in [5.74, 6) is 0.358. The smallest absolute Gasteiger partial charge is 0.0456 e. The van der Waals surface area contributed by atoms with Crippen molar-refractivity contribution < 1.29 is 5.11 Å². The zero-order chi connectivity index (χ0) is 9.68. The van der Waals surface area contributed by atoms with Gasteiger partial charge in [-0.2, -0.15) is 0 Å². The fourth-order valence-corrected chi connectivity index (χ4v) is 1.42. The molecule has 2 heteroatoms. The molecule has 1 unspecified atom stereocenters. The number of aliphatic hydroxyl groups is 1. The second kappa shape index (κ2) is 5.25. The number of halogens is 1. The van der Waals surface area contributed by atoms with Gasteiger partial charge in [0.05, 0.1) is 0 Å². The van der Waals surface area contributed by atoms with Crippen LogP contribution in [-0.2, 0) is 6.42 Å². The van der Waals surface area contributed by atoms with E-state index in [1.54, 1.807) is 0 Å². The molecule has 0 bridgehead atoms. The molecular weight excluding hydrogens is 184 g/mol. The molecule has 1 atom stereocenters. The average molecular weight is 199 g/mol. The molecule has 0 fully saturated rings. The number of rotatable bonds is 4. The van der Waals surface area contributed by atoms with E-state index < -0.39 is 0 Å². The lowest BCUT2D eigenvalue weighted by Gasteiger charge is -2.08. The molecule has 1 N–H and O–H groups in total. The van der Waals surface area contributed by atoms with Gasteiger partial charge < -0.3 is 5.11 Å². The molecule has 0 spiro atoms. The summed E-state index contributed by atoms with van der Waals surface area (Å²) in [5.41, 5.74) is 1.17. The minimum Gasteiger partial charge on any atom is -0.396 e. The maximum absolute atomic E-state index is 8.85. The monoisotopic (exact) mass is 198 g/mol. The van der Waals surface area contributed by atoms with Crippen LogP contribution in [0.1, 0.15) is 18.9 Å². The van der Waals surface area contributed by atoms with Crippen LogP contribution in [0.25, 0.3) is 0 Å². The van der Waals surface area contributed by atoms with E-state index in [4.69, 9.17) is 16.7 Å². The lowest BCUT2D eigenvalue weighted by molar-refractivity contribution is 0.230. The Bertz CT molecular complexity index is 260. The highest BCUT2D eigenvalue weighted by molar-refractivity contribution is 6.31. The van der Waals surface area contributed by atoms with Gasteiger partial charge in [-0.1, -0.05) is 36.7 Å². The molecule has 0 heterocycles. The Kier molecular flexibility index (Phi) is 4.26. The Morgan fingerprint density at radius 3 is 2.69 bits per heavy atom. The topological polar surface area (TPSA) is 20.2 Å². The summed E-state index contributed by atoms with van der Waals surface area (Å²) >= 11 is 5.99. The van der Waals surface area contributed by atoms with Crippen LogP contribution < -0.4 is 0 Å². The molecule has 72 valence electrons. The van der Waals surface area contributed by atoms with Crippen molar-refractivity contribution in [2.24, 2.45) is 5.92 Å². The van der Waals surface area contributed by atoms with Crippen molar-refractivity contribution in [2.75, 3.05) is 6.61 Å². The largest absolute Gasteiger partial charge is 0.396 e. The zero-order valence-corrected chi connectivity index (χ0v) is 8.59. The van der Waals surface area contributed by atoms with Crippen LogP contribution in [0.2, 0.25) is 5.02 Å². The summed E-state index contributed by atoms with van der Waals surface area (Å²) in [5, 5.41) is 9.68. The fourth-order valence-electron chi connectivity index (χ4n) is 1.19. The molecule has 0 saturated carbocycles. The molecule has 0 aliphatic heterocycles. The quantitative estimate of drug-likeness (QED) is 0.789. The molecule has 0 aliphatic rings. The Morgan fingerprint density at radius 1 is 1.38 bits per heavy atom. The molecule has 1 aromatic rings. The van der Waals surface area contributed by atoms with Crippen LogP contribution in [-0.4, -0.2) is 11.7 Å². The maximum Gasteiger partial charge on any atom is 0.0456 e. The van der Waals surface area contributed by atoms with Crippen molar-refractivity contribution in [1.82, 2.24) is 0 Å². The van der Waals surface area contributed by atoms with E-state index in [2.05, 4.69) is 0 Å². The van der Waals surface area contributed by atoms with Crippen LogP contribution in [0, 0.1) is 5.92 Å². The third-order valence-electron chi connectivity index (χ3n) is 2.18. The van der Waals surface area contributed by atoms with E-state index in [1.165, 1.54) is 5.56 Å². The van der Waals surface area contributed by atoms with Crippen molar-refractivity contribution in [1.29, 1.82) is 0 Å². The van der Waals surface area contributed by atoms with Gasteiger partial charge in [0.2, 0.25) is 0 Å². The van der Waals surface area contributed by atoms with E-state index in [-0.39, 0.29) is 6.61 Å². The number of aliphatic hydroxyl groups excluding tert-OH is 1. The molecule has 0 aliphatic carbocycles. The Morgan fingerprint density at radius 2 is 2.08 bits per heavy atom. The van der Waals surface area contributed by atoms with Crippen molar-refractivity contribution in [2.45, 2.75) is 19.8 Å². The van der Waals surface area contributed by atoms with Gasteiger partial charge in [0.15, 0.2) is 0 Å². The van der Waals surface area contributed by atoms with Crippen LogP contribution in [0.15, 0.2) is 24.3 Å². The molecule has 13 heavy (non-hydrogen) atoms. The van der Waals surface area contributed by atoms with Gasteiger partial charge in [-0.15, -0.1) is 0 Å². The Hall–Kier alpha value is -0.530. The number of benzene rings is 1. The first kappa shape index (κ1) is 10.6. The lowest BCUT2D eigenvalue weighted by atomic mass is 10.0. The fraction of sp³-hybridized carbons (Fsp3) is 0.455. The predicted octanol–water partition coefficient (Wildman–Crippen LogP) is 2.90. The molecule has 1 rings (SSSR count). The van der Waals surface area contributed by atoms with Gasteiger partial charge >= 0.3 is 0 Å². The first-order valence-corrected chi connectivity index (χ1v) is 4.96. The SMILES string of the molecule is CC(CO)CCc1ccccc1Cl. The second-order valence-corrected chi connectivity index (χ2v) is 3.83. The third kappa shape index (κ3) is 3.37. The summed E-state index contributed by atoms with van der Waals surface area (Å²) < 4.78 is 0. The van der Waals surface area contributed by atoms with Crippen LogP contribution in [0.4, 0.5) is 0 Å². The van der Waals surface area contributed by atoms with Gasteiger partial charge in [-0.3, -0.25) is 0 Å². The summed E-state index contributed by atoms with van der Waals surface area (Å²) in [6.45, 7) is 2.29. The molecule has 1 aromatic carbocycles. The van der Waals surface area contributed by atoms with Crippen molar-refractivity contribution in [3.8, 4) is 0 Å². The maximum atomic E-state index is 8.85. The number of hydrogen-bond donors (Lipinski definition) is 1. The predicted molar refractivity (Wildman–Crippen MR) is 56.0 cm³/mol. The van der Waals surface area contributed by atoms with Gasteiger partial charge in [-0.25, -0.2) is 0 Å². The van der Waals surface area contributed by atoms with Gasteiger partial charge in [0.25, 0.3) is 0 Å². The van der Waals surface area contributed by atoms with E-state index in [1.807, 2.05) is 31.2 Å². The van der Waals surface area contributed by atoms with Crippen LogP contribution in [0.5, 0.6) is 0 Å². The van der Waals surface area contributed by atoms with E-state index in [0.29, 0.717) is 5.92 Å². The van der Waals surface area contributed by atoms with Gasteiger partial charge in [-0.05, 0) is 30.4 Å².